The minimum Gasteiger partial charge on any atom is -0.329 e. The molecule has 0 aromatic carbocycles. The van der Waals surface area contributed by atoms with E-state index in [4.69, 9.17) is 0 Å². The van der Waals surface area contributed by atoms with Gasteiger partial charge < -0.3 is 4.90 Å². The Bertz CT molecular complexity index is 227. The second-order valence-electron chi connectivity index (χ2n) is 3.70. The van der Waals surface area contributed by atoms with Gasteiger partial charge in [0.15, 0.2) is 0 Å². The lowest BCUT2D eigenvalue weighted by atomic mass is 10.1. The number of hydrogen-bond acceptors (Lipinski definition) is 1. The maximum atomic E-state index is 12.2. The third kappa shape index (κ3) is 2.01. The molecule has 1 saturated heterocycles. The lowest BCUT2D eigenvalue weighted by Crippen LogP contribution is -2.46. The van der Waals surface area contributed by atoms with E-state index in [0.29, 0.717) is 19.3 Å². The van der Waals surface area contributed by atoms with E-state index in [1.165, 1.54) is 0 Å². The molecule has 1 heterocycles. The maximum Gasteiger partial charge on any atom is 0.471 e. The highest BCUT2D eigenvalue weighted by molar-refractivity contribution is 5.82. The number of halogens is 3. The summed E-state index contributed by atoms with van der Waals surface area (Å²) in [5.74, 6) is -1.69. The summed E-state index contributed by atoms with van der Waals surface area (Å²) in [5.41, 5.74) is 0. The van der Waals surface area contributed by atoms with Gasteiger partial charge in [-0.1, -0.05) is 6.92 Å². The topological polar surface area (TPSA) is 20.3 Å². The van der Waals surface area contributed by atoms with E-state index in [-0.39, 0.29) is 12.1 Å². The lowest BCUT2D eigenvalue weighted by molar-refractivity contribution is -0.188. The van der Waals surface area contributed by atoms with Crippen molar-refractivity contribution in [1.29, 1.82) is 0 Å². The van der Waals surface area contributed by atoms with Gasteiger partial charge in [0.05, 0.1) is 0 Å². The van der Waals surface area contributed by atoms with Crippen LogP contribution >= 0.6 is 0 Å². The van der Waals surface area contributed by atoms with Crippen LogP contribution < -0.4 is 0 Å². The van der Waals surface area contributed by atoms with Crippen molar-refractivity contribution in [2.75, 3.05) is 0 Å². The van der Waals surface area contributed by atoms with E-state index in [2.05, 4.69) is 0 Å². The fourth-order valence-corrected chi connectivity index (χ4v) is 1.98. The summed E-state index contributed by atoms with van der Waals surface area (Å²) in [6.07, 6.45) is -2.79. The molecule has 0 aliphatic carbocycles. The minimum atomic E-state index is -4.73. The molecule has 0 saturated carbocycles. The van der Waals surface area contributed by atoms with Crippen molar-refractivity contribution < 1.29 is 18.0 Å². The molecule has 1 rings (SSSR count). The number of rotatable bonds is 1. The number of nitrogens with zero attached hydrogens (tertiary/aromatic N) is 1. The van der Waals surface area contributed by atoms with Gasteiger partial charge in [-0.25, -0.2) is 0 Å². The molecular weight excluding hydrogens is 195 g/mol. The van der Waals surface area contributed by atoms with Crippen LogP contribution in [0.15, 0.2) is 0 Å². The van der Waals surface area contributed by atoms with E-state index in [0.717, 1.165) is 4.90 Å². The summed E-state index contributed by atoms with van der Waals surface area (Å²) < 4.78 is 36.6. The minimum absolute atomic E-state index is 0.237. The van der Waals surface area contributed by atoms with Gasteiger partial charge in [-0.2, -0.15) is 13.2 Å². The number of carbonyl (C=O) groups excluding carboxylic acids is 1. The Labute approximate surface area is 81.1 Å². The fraction of sp³-hybridized carbons (Fsp3) is 0.889. The number of amides is 1. The molecule has 2 nitrogen and oxygen atoms in total. The Hall–Kier alpha value is -0.740. The van der Waals surface area contributed by atoms with Crippen LogP contribution in [0.1, 0.15) is 33.1 Å². The van der Waals surface area contributed by atoms with Crippen LogP contribution in [0, 0.1) is 0 Å². The lowest BCUT2D eigenvalue weighted by Gasteiger charge is -2.28. The zero-order valence-electron chi connectivity index (χ0n) is 8.27. The van der Waals surface area contributed by atoms with Crippen LogP contribution in [-0.2, 0) is 4.79 Å². The summed E-state index contributed by atoms with van der Waals surface area (Å²) in [5, 5.41) is 0. The molecule has 0 aromatic rings. The van der Waals surface area contributed by atoms with E-state index in [9.17, 15) is 18.0 Å². The van der Waals surface area contributed by atoms with Crippen LogP contribution in [-0.4, -0.2) is 29.1 Å². The van der Waals surface area contributed by atoms with Crippen LogP contribution in [0.5, 0.6) is 0 Å². The SMILES string of the molecule is CCC1CCC(C)N1C(=O)C(F)(F)F. The number of likely N-dealkylation sites (tertiary alicyclic amines) is 1. The van der Waals surface area contributed by atoms with Crippen LogP contribution in [0.25, 0.3) is 0 Å². The first-order valence-corrected chi connectivity index (χ1v) is 4.77. The predicted molar refractivity (Wildman–Crippen MR) is 45.7 cm³/mol. The molecule has 14 heavy (non-hydrogen) atoms. The third-order valence-electron chi connectivity index (χ3n) is 2.73. The van der Waals surface area contributed by atoms with Crippen molar-refractivity contribution in [1.82, 2.24) is 4.90 Å². The fourth-order valence-electron chi connectivity index (χ4n) is 1.98. The number of hydrogen-bond donors (Lipinski definition) is 0. The molecular formula is C9H14F3NO. The van der Waals surface area contributed by atoms with E-state index in [1.54, 1.807) is 13.8 Å². The number of carbonyl (C=O) groups is 1. The molecule has 0 spiro atoms. The largest absolute Gasteiger partial charge is 0.471 e. The molecule has 1 aliphatic heterocycles. The second-order valence-corrected chi connectivity index (χ2v) is 3.70. The molecule has 1 amide bonds. The van der Waals surface area contributed by atoms with E-state index in [1.807, 2.05) is 0 Å². The predicted octanol–water partition coefficient (Wildman–Crippen LogP) is 2.34. The monoisotopic (exact) mass is 209 g/mol. The maximum absolute atomic E-state index is 12.2. The summed E-state index contributed by atoms with van der Waals surface area (Å²) in [6, 6.07) is -0.520. The Morgan fingerprint density at radius 2 is 2.00 bits per heavy atom. The average molecular weight is 209 g/mol. The van der Waals surface area contributed by atoms with Gasteiger partial charge in [-0.05, 0) is 26.2 Å². The Morgan fingerprint density at radius 3 is 2.43 bits per heavy atom. The van der Waals surface area contributed by atoms with Gasteiger partial charge in [-0.3, -0.25) is 4.79 Å². The van der Waals surface area contributed by atoms with Crippen molar-refractivity contribution in [3.8, 4) is 0 Å². The highest BCUT2D eigenvalue weighted by atomic mass is 19.4. The normalized spacial score (nSPS) is 28.2. The Morgan fingerprint density at radius 1 is 1.43 bits per heavy atom. The van der Waals surface area contributed by atoms with Crippen LogP contribution in [0.3, 0.4) is 0 Å². The van der Waals surface area contributed by atoms with Gasteiger partial charge in [0, 0.05) is 12.1 Å². The van der Waals surface area contributed by atoms with Crippen molar-refractivity contribution in [3.63, 3.8) is 0 Å². The summed E-state index contributed by atoms with van der Waals surface area (Å²) in [4.78, 5) is 12.0. The van der Waals surface area contributed by atoms with E-state index >= 15 is 0 Å². The zero-order valence-corrected chi connectivity index (χ0v) is 8.27. The molecule has 1 aliphatic rings. The van der Waals surface area contributed by atoms with Gasteiger partial charge in [0.2, 0.25) is 0 Å². The standard InChI is InChI=1S/C9H14F3NO/c1-3-7-5-4-6(2)13(7)8(14)9(10,11)12/h6-7H,3-5H2,1-2H3. The second kappa shape index (κ2) is 3.79. The highest BCUT2D eigenvalue weighted by Gasteiger charge is 2.47. The molecule has 2 atom stereocenters. The first-order valence-electron chi connectivity index (χ1n) is 4.77. The molecule has 82 valence electrons. The quantitative estimate of drug-likeness (QED) is 0.649. The smallest absolute Gasteiger partial charge is 0.329 e. The Balaban J connectivity index is 2.79. The molecule has 5 heteroatoms. The first kappa shape index (κ1) is 11.3. The molecule has 1 fully saturated rings. The number of alkyl halides is 3. The van der Waals surface area contributed by atoms with Crippen molar-refractivity contribution in [3.05, 3.63) is 0 Å². The highest BCUT2D eigenvalue weighted by Crippen LogP contribution is 2.30. The van der Waals surface area contributed by atoms with E-state index < -0.39 is 12.1 Å². The average Bonchev–Trinajstić information content (AvgIpc) is 2.43. The molecule has 0 aromatic heterocycles. The molecule has 0 radical (unpaired) electrons. The van der Waals surface area contributed by atoms with Crippen molar-refractivity contribution in [2.45, 2.75) is 51.4 Å². The van der Waals surface area contributed by atoms with Crippen LogP contribution in [0.4, 0.5) is 13.2 Å². The van der Waals surface area contributed by atoms with Gasteiger partial charge in [0.25, 0.3) is 0 Å². The van der Waals surface area contributed by atoms with Gasteiger partial charge >= 0.3 is 12.1 Å². The Kier molecular flexibility index (Phi) is 3.07. The molecule has 2 unspecified atom stereocenters. The molecule has 0 N–H and O–H groups in total. The summed E-state index contributed by atoms with van der Waals surface area (Å²) >= 11 is 0. The summed E-state index contributed by atoms with van der Waals surface area (Å²) in [6.45, 7) is 3.47. The zero-order chi connectivity index (χ0) is 10.9. The van der Waals surface area contributed by atoms with Crippen molar-refractivity contribution in [2.24, 2.45) is 0 Å². The van der Waals surface area contributed by atoms with Crippen LogP contribution in [0.2, 0.25) is 0 Å². The molecule has 0 bridgehead atoms. The third-order valence-corrected chi connectivity index (χ3v) is 2.73. The summed E-state index contributed by atoms with van der Waals surface area (Å²) in [7, 11) is 0. The van der Waals surface area contributed by atoms with Gasteiger partial charge in [0.1, 0.15) is 0 Å². The first-order chi connectivity index (χ1) is 6.38. The van der Waals surface area contributed by atoms with Crippen molar-refractivity contribution >= 4 is 5.91 Å². The van der Waals surface area contributed by atoms with Gasteiger partial charge in [-0.15, -0.1) is 0 Å².